The first-order chi connectivity index (χ1) is 11.8. The second-order valence-electron chi connectivity index (χ2n) is 6.90. The Bertz CT molecular complexity index is 686. The molecule has 25 heavy (non-hydrogen) atoms. The van der Waals surface area contributed by atoms with Crippen molar-refractivity contribution in [3.63, 3.8) is 0 Å². The summed E-state index contributed by atoms with van der Waals surface area (Å²) in [4.78, 5) is 14.4. The van der Waals surface area contributed by atoms with E-state index in [0.717, 1.165) is 5.69 Å². The van der Waals surface area contributed by atoms with Crippen LogP contribution in [0.2, 0.25) is 0 Å². The maximum absolute atomic E-state index is 12.5. The molecule has 6 nitrogen and oxygen atoms in total. The van der Waals surface area contributed by atoms with Crippen LogP contribution in [0.5, 0.6) is 0 Å². The van der Waals surface area contributed by atoms with Crippen LogP contribution < -0.4 is 0 Å². The molecule has 0 saturated heterocycles. The largest absolute Gasteiger partial charge is 0.337 e. The van der Waals surface area contributed by atoms with Gasteiger partial charge in [0.15, 0.2) is 0 Å². The van der Waals surface area contributed by atoms with Gasteiger partial charge in [0, 0.05) is 12.1 Å². The molecule has 1 heterocycles. The molecule has 136 valence electrons. The van der Waals surface area contributed by atoms with Crippen molar-refractivity contribution in [3.05, 3.63) is 29.8 Å². The SMILES string of the molecule is CC(C)c1ccc(-n2nnnc2SCC(=O)N(C(C)C)C(C)C)cc1. The van der Waals surface area contributed by atoms with Crippen molar-refractivity contribution in [2.45, 2.75) is 64.7 Å². The first-order valence-electron chi connectivity index (χ1n) is 8.64. The number of hydrogen-bond donors (Lipinski definition) is 0. The van der Waals surface area contributed by atoms with Crippen LogP contribution >= 0.6 is 11.8 Å². The van der Waals surface area contributed by atoms with Gasteiger partial charge in [-0.3, -0.25) is 4.79 Å². The lowest BCUT2D eigenvalue weighted by molar-refractivity contribution is -0.131. The maximum atomic E-state index is 12.5. The topological polar surface area (TPSA) is 63.9 Å². The number of benzene rings is 1. The van der Waals surface area contributed by atoms with Crippen molar-refractivity contribution >= 4 is 17.7 Å². The number of nitrogens with zero attached hydrogens (tertiary/aromatic N) is 5. The lowest BCUT2D eigenvalue weighted by Crippen LogP contribution is -2.43. The number of hydrogen-bond acceptors (Lipinski definition) is 5. The van der Waals surface area contributed by atoms with E-state index in [1.165, 1.54) is 17.3 Å². The van der Waals surface area contributed by atoms with Gasteiger partial charge in [-0.2, -0.15) is 4.68 Å². The summed E-state index contributed by atoms with van der Waals surface area (Å²) < 4.78 is 1.68. The third-order valence-corrected chi connectivity index (χ3v) is 4.87. The second kappa shape index (κ2) is 8.47. The van der Waals surface area contributed by atoms with E-state index in [2.05, 4.69) is 41.5 Å². The highest BCUT2D eigenvalue weighted by Gasteiger charge is 2.21. The Kier molecular flexibility index (Phi) is 6.58. The van der Waals surface area contributed by atoms with Gasteiger partial charge in [-0.15, -0.1) is 5.10 Å². The number of amides is 1. The molecule has 0 atom stereocenters. The number of carbonyl (C=O) groups is 1. The predicted octanol–water partition coefficient (Wildman–Crippen LogP) is 3.52. The van der Waals surface area contributed by atoms with Gasteiger partial charge in [0.1, 0.15) is 0 Å². The smallest absolute Gasteiger partial charge is 0.233 e. The van der Waals surface area contributed by atoms with Crippen LogP contribution in [0.4, 0.5) is 0 Å². The molecule has 1 amide bonds. The Balaban J connectivity index is 2.10. The molecule has 0 unspecified atom stereocenters. The first-order valence-corrected chi connectivity index (χ1v) is 9.62. The van der Waals surface area contributed by atoms with Gasteiger partial charge in [0.25, 0.3) is 0 Å². The van der Waals surface area contributed by atoms with Crippen LogP contribution in [0.3, 0.4) is 0 Å². The molecule has 2 aromatic rings. The average Bonchev–Trinajstić information content (AvgIpc) is 3.00. The van der Waals surface area contributed by atoms with Crippen molar-refractivity contribution in [1.82, 2.24) is 25.1 Å². The summed E-state index contributed by atoms with van der Waals surface area (Å²) in [5, 5.41) is 12.5. The van der Waals surface area contributed by atoms with E-state index in [-0.39, 0.29) is 18.0 Å². The van der Waals surface area contributed by atoms with Gasteiger partial charge in [0.05, 0.1) is 11.4 Å². The molecule has 0 saturated carbocycles. The summed E-state index contributed by atoms with van der Waals surface area (Å²) in [7, 11) is 0. The molecular weight excluding hydrogens is 334 g/mol. The highest BCUT2D eigenvalue weighted by Crippen LogP contribution is 2.21. The van der Waals surface area contributed by atoms with E-state index in [1.807, 2.05) is 44.7 Å². The Hall–Kier alpha value is -1.89. The van der Waals surface area contributed by atoms with Crippen molar-refractivity contribution in [2.24, 2.45) is 0 Å². The van der Waals surface area contributed by atoms with Gasteiger partial charge in [-0.05, 0) is 61.7 Å². The number of thioether (sulfide) groups is 1. The second-order valence-corrected chi connectivity index (χ2v) is 7.84. The van der Waals surface area contributed by atoms with E-state index in [0.29, 0.717) is 16.8 Å². The lowest BCUT2D eigenvalue weighted by atomic mass is 10.0. The van der Waals surface area contributed by atoms with Gasteiger partial charge in [-0.1, -0.05) is 37.7 Å². The third-order valence-electron chi connectivity index (χ3n) is 3.97. The number of aromatic nitrogens is 4. The Morgan fingerprint density at radius 1 is 1.08 bits per heavy atom. The molecule has 0 aliphatic carbocycles. The normalized spacial score (nSPS) is 11.6. The van der Waals surface area contributed by atoms with Crippen molar-refractivity contribution in [3.8, 4) is 5.69 Å². The van der Waals surface area contributed by atoms with Gasteiger partial charge in [-0.25, -0.2) is 0 Å². The fraction of sp³-hybridized carbons (Fsp3) is 0.556. The zero-order chi connectivity index (χ0) is 18.6. The zero-order valence-corrected chi connectivity index (χ0v) is 16.6. The molecule has 1 aromatic carbocycles. The average molecular weight is 362 g/mol. The molecule has 2 rings (SSSR count). The fourth-order valence-corrected chi connectivity index (χ4v) is 3.56. The van der Waals surface area contributed by atoms with E-state index < -0.39 is 0 Å². The monoisotopic (exact) mass is 361 g/mol. The summed E-state index contributed by atoms with van der Waals surface area (Å²) in [5.74, 6) is 0.896. The van der Waals surface area contributed by atoms with Crippen molar-refractivity contribution in [1.29, 1.82) is 0 Å². The highest BCUT2D eigenvalue weighted by molar-refractivity contribution is 7.99. The minimum atomic E-state index is 0.0969. The van der Waals surface area contributed by atoms with Crippen LogP contribution in [0.25, 0.3) is 5.69 Å². The molecule has 0 spiro atoms. The molecule has 0 aliphatic heterocycles. The first kappa shape index (κ1) is 19.4. The highest BCUT2D eigenvalue weighted by atomic mass is 32.2. The molecule has 0 bridgehead atoms. The molecule has 0 N–H and O–H groups in total. The van der Waals surface area contributed by atoms with Crippen molar-refractivity contribution < 1.29 is 4.79 Å². The Labute approximate surface area is 154 Å². The third kappa shape index (κ3) is 4.81. The standard InChI is InChI=1S/C18H27N5OS/c1-12(2)15-7-9-16(10-8-15)23-18(19-20-21-23)25-11-17(24)22(13(3)4)14(5)6/h7-10,12-14H,11H2,1-6H3. The number of rotatable bonds is 7. The lowest BCUT2D eigenvalue weighted by Gasteiger charge is -2.30. The predicted molar refractivity (Wildman–Crippen MR) is 101 cm³/mol. The quantitative estimate of drug-likeness (QED) is 0.706. The van der Waals surface area contributed by atoms with E-state index in [4.69, 9.17) is 0 Å². The molecule has 7 heteroatoms. The molecule has 1 aromatic heterocycles. The van der Waals surface area contributed by atoms with Crippen LogP contribution in [0.15, 0.2) is 29.4 Å². The van der Waals surface area contributed by atoms with E-state index in [1.54, 1.807) is 4.68 Å². The Morgan fingerprint density at radius 3 is 2.20 bits per heavy atom. The molecule has 0 aliphatic rings. The van der Waals surface area contributed by atoms with E-state index >= 15 is 0 Å². The minimum absolute atomic E-state index is 0.0969. The minimum Gasteiger partial charge on any atom is -0.337 e. The van der Waals surface area contributed by atoms with Crippen LogP contribution in [0.1, 0.15) is 53.0 Å². The molecule has 0 radical (unpaired) electrons. The van der Waals surface area contributed by atoms with Crippen LogP contribution in [-0.4, -0.2) is 48.9 Å². The van der Waals surface area contributed by atoms with Gasteiger partial charge < -0.3 is 4.90 Å². The van der Waals surface area contributed by atoms with Crippen LogP contribution in [-0.2, 0) is 4.79 Å². The number of carbonyl (C=O) groups excluding carboxylic acids is 1. The van der Waals surface area contributed by atoms with Gasteiger partial charge >= 0.3 is 0 Å². The van der Waals surface area contributed by atoms with Crippen molar-refractivity contribution in [2.75, 3.05) is 5.75 Å². The summed E-state index contributed by atoms with van der Waals surface area (Å²) >= 11 is 1.37. The fourth-order valence-electron chi connectivity index (χ4n) is 2.80. The Morgan fingerprint density at radius 2 is 1.68 bits per heavy atom. The molecular formula is C18H27N5OS. The summed E-state index contributed by atoms with van der Waals surface area (Å²) in [6.45, 7) is 12.4. The zero-order valence-electron chi connectivity index (χ0n) is 15.8. The van der Waals surface area contributed by atoms with Gasteiger partial charge in [0.2, 0.25) is 11.1 Å². The summed E-state index contributed by atoms with van der Waals surface area (Å²) in [6.07, 6.45) is 0. The molecule has 0 fully saturated rings. The van der Waals surface area contributed by atoms with E-state index in [9.17, 15) is 4.79 Å². The summed E-state index contributed by atoms with van der Waals surface area (Å²) in [5.41, 5.74) is 2.17. The van der Waals surface area contributed by atoms with Crippen LogP contribution in [0, 0.1) is 0 Å². The number of tetrazole rings is 1. The summed E-state index contributed by atoms with van der Waals surface area (Å²) in [6, 6.07) is 8.53. The maximum Gasteiger partial charge on any atom is 0.233 e.